The van der Waals surface area contributed by atoms with Gasteiger partial charge in [-0.15, -0.1) is 0 Å². The third-order valence-corrected chi connectivity index (χ3v) is 4.43. The molecular weight excluding hydrogens is 316 g/mol. The van der Waals surface area contributed by atoms with Crippen molar-refractivity contribution in [3.05, 3.63) is 0 Å². The first-order valence-electron chi connectivity index (χ1n) is 10.5. The van der Waals surface area contributed by atoms with E-state index < -0.39 is 0 Å². The number of esters is 2. The van der Waals surface area contributed by atoms with E-state index in [4.69, 9.17) is 9.47 Å². The van der Waals surface area contributed by atoms with Crippen LogP contribution in [0.1, 0.15) is 111 Å². The lowest BCUT2D eigenvalue weighted by Gasteiger charge is -2.16. The van der Waals surface area contributed by atoms with Gasteiger partial charge in [0.1, 0.15) is 6.10 Å². The van der Waals surface area contributed by atoms with Gasteiger partial charge in [-0.25, -0.2) is 0 Å². The minimum atomic E-state index is -0.138. The molecule has 0 aliphatic rings. The zero-order valence-corrected chi connectivity index (χ0v) is 16.8. The van der Waals surface area contributed by atoms with Crippen LogP contribution in [-0.2, 0) is 19.1 Å². The molecule has 0 fully saturated rings. The summed E-state index contributed by atoms with van der Waals surface area (Å²) in [5, 5.41) is 0. The number of ether oxygens (including phenoxy) is 2. The molecule has 0 N–H and O–H groups in total. The quantitative estimate of drug-likeness (QED) is 0.238. The highest BCUT2D eigenvalue weighted by Gasteiger charge is 2.13. The average molecular weight is 357 g/mol. The van der Waals surface area contributed by atoms with Crippen molar-refractivity contribution < 1.29 is 19.1 Å². The van der Waals surface area contributed by atoms with E-state index in [-0.39, 0.29) is 18.0 Å². The van der Waals surface area contributed by atoms with Gasteiger partial charge >= 0.3 is 11.9 Å². The molecule has 25 heavy (non-hydrogen) atoms. The van der Waals surface area contributed by atoms with Gasteiger partial charge in [0, 0.05) is 19.3 Å². The van der Waals surface area contributed by atoms with E-state index in [0.717, 1.165) is 32.1 Å². The van der Waals surface area contributed by atoms with Gasteiger partial charge in [-0.2, -0.15) is 0 Å². The maximum atomic E-state index is 11.8. The van der Waals surface area contributed by atoms with Crippen LogP contribution >= 0.6 is 0 Å². The van der Waals surface area contributed by atoms with Crippen LogP contribution in [0.15, 0.2) is 0 Å². The molecule has 1 atom stereocenters. The van der Waals surface area contributed by atoms with Crippen LogP contribution in [0.25, 0.3) is 0 Å². The first-order valence-corrected chi connectivity index (χ1v) is 10.5. The van der Waals surface area contributed by atoms with Crippen molar-refractivity contribution in [1.82, 2.24) is 0 Å². The molecule has 0 bridgehead atoms. The standard InChI is InChI=1S/C21H40O4/c1-4-7-9-11-13-15-20(22)24-18-17-19(6-3)25-21(23)16-14-12-10-8-5-2/h19H,4-18H2,1-3H3. The zero-order valence-electron chi connectivity index (χ0n) is 16.8. The van der Waals surface area contributed by atoms with Crippen LogP contribution in [0.2, 0.25) is 0 Å². The fourth-order valence-corrected chi connectivity index (χ4v) is 2.71. The number of rotatable bonds is 17. The summed E-state index contributed by atoms with van der Waals surface area (Å²) in [6.07, 6.45) is 13.5. The summed E-state index contributed by atoms with van der Waals surface area (Å²) >= 11 is 0. The molecule has 4 nitrogen and oxygen atoms in total. The Kier molecular flexibility index (Phi) is 17.0. The Labute approximate surface area is 155 Å². The number of unbranched alkanes of at least 4 members (excludes halogenated alkanes) is 8. The minimum Gasteiger partial charge on any atom is -0.466 e. The van der Waals surface area contributed by atoms with Gasteiger partial charge in [-0.3, -0.25) is 9.59 Å². The van der Waals surface area contributed by atoms with Gasteiger partial charge in [0.25, 0.3) is 0 Å². The van der Waals surface area contributed by atoms with E-state index in [2.05, 4.69) is 13.8 Å². The van der Waals surface area contributed by atoms with Crippen LogP contribution in [0, 0.1) is 0 Å². The van der Waals surface area contributed by atoms with Crippen LogP contribution < -0.4 is 0 Å². The van der Waals surface area contributed by atoms with Crippen LogP contribution in [-0.4, -0.2) is 24.6 Å². The highest BCUT2D eigenvalue weighted by atomic mass is 16.6. The Morgan fingerprint density at radius 3 is 1.76 bits per heavy atom. The van der Waals surface area contributed by atoms with Gasteiger partial charge < -0.3 is 9.47 Å². The van der Waals surface area contributed by atoms with Crippen molar-refractivity contribution in [2.45, 2.75) is 117 Å². The van der Waals surface area contributed by atoms with E-state index in [1.165, 1.54) is 38.5 Å². The van der Waals surface area contributed by atoms with Gasteiger partial charge in [-0.1, -0.05) is 72.1 Å². The van der Waals surface area contributed by atoms with Crippen molar-refractivity contribution in [2.24, 2.45) is 0 Å². The van der Waals surface area contributed by atoms with E-state index >= 15 is 0 Å². The number of hydrogen-bond acceptors (Lipinski definition) is 4. The maximum absolute atomic E-state index is 11.8. The molecule has 0 saturated heterocycles. The summed E-state index contributed by atoms with van der Waals surface area (Å²) in [5.74, 6) is -0.251. The SMILES string of the molecule is CCCCCCCC(=O)OCCC(CC)OC(=O)CCCCCCC. The van der Waals surface area contributed by atoms with Crippen molar-refractivity contribution in [1.29, 1.82) is 0 Å². The third-order valence-electron chi connectivity index (χ3n) is 4.43. The van der Waals surface area contributed by atoms with Crippen LogP contribution in [0.4, 0.5) is 0 Å². The van der Waals surface area contributed by atoms with Crippen molar-refractivity contribution in [3.8, 4) is 0 Å². The second-order valence-corrected chi connectivity index (χ2v) is 6.86. The fourth-order valence-electron chi connectivity index (χ4n) is 2.71. The predicted octanol–water partition coefficient (Wildman–Crippen LogP) is 5.96. The van der Waals surface area contributed by atoms with Crippen LogP contribution in [0.3, 0.4) is 0 Å². The Morgan fingerprint density at radius 2 is 1.24 bits per heavy atom. The molecule has 0 aromatic rings. The van der Waals surface area contributed by atoms with Gasteiger partial charge in [0.15, 0.2) is 0 Å². The summed E-state index contributed by atoms with van der Waals surface area (Å²) in [5.41, 5.74) is 0. The number of hydrogen-bond donors (Lipinski definition) is 0. The average Bonchev–Trinajstić information content (AvgIpc) is 2.60. The molecule has 0 saturated carbocycles. The smallest absolute Gasteiger partial charge is 0.306 e. The summed E-state index contributed by atoms with van der Waals surface area (Å²) in [4.78, 5) is 23.5. The molecule has 0 amide bonds. The highest BCUT2D eigenvalue weighted by Crippen LogP contribution is 2.11. The number of carbonyl (C=O) groups is 2. The summed E-state index contributed by atoms with van der Waals surface area (Å²) in [6, 6.07) is 0. The molecule has 0 spiro atoms. The molecule has 0 radical (unpaired) electrons. The second-order valence-electron chi connectivity index (χ2n) is 6.86. The molecule has 0 aromatic carbocycles. The minimum absolute atomic E-state index is 0.120. The monoisotopic (exact) mass is 356 g/mol. The van der Waals surface area contributed by atoms with Gasteiger partial charge in [0.2, 0.25) is 0 Å². The lowest BCUT2D eigenvalue weighted by molar-refractivity contribution is -0.151. The predicted molar refractivity (Wildman–Crippen MR) is 102 cm³/mol. The molecule has 0 heterocycles. The molecule has 0 aromatic heterocycles. The first kappa shape index (κ1) is 23.9. The lowest BCUT2D eigenvalue weighted by atomic mass is 10.1. The van der Waals surface area contributed by atoms with E-state index in [1.54, 1.807) is 0 Å². The Hall–Kier alpha value is -1.06. The Balaban J connectivity index is 3.69. The molecular formula is C21H40O4. The third kappa shape index (κ3) is 16.2. The van der Waals surface area contributed by atoms with E-state index in [0.29, 0.717) is 25.9 Å². The molecule has 0 aliphatic heterocycles. The summed E-state index contributed by atoms with van der Waals surface area (Å²) in [7, 11) is 0. The van der Waals surface area contributed by atoms with Crippen molar-refractivity contribution in [3.63, 3.8) is 0 Å². The van der Waals surface area contributed by atoms with E-state index in [1.807, 2.05) is 6.92 Å². The Bertz CT molecular complexity index is 328. The highest BCUT2D eigenvalue weighted by molar-refractivity contribution is 5.69. The molecule has 0 rings (SSSR count). The molecule has 1 unspecified atom stereocenters. The molecule has 0 aliphatic carbocycles. The normalized spacial score (nSPS) is 12.0. The lowest BCUT2D eigenvalue weighted by Crippen LogP contribution is -2.20. The van der Waals surface area contributed by atoms with Gasteiger partial charge in [-0.05, 0) is 19.3 Å². The Morgan fingerprint density at radius 1 is 0.720 bits per heavy atom. The van der Waals surface area contributed by atoms with Crippen molar-refractivity contribution >= 4 is 11.9 Å². The summed E-state index contributed by atoms with van der Waals surface area (Å²) in [6.45, 7) is 6.70. The van der Waals surface area contributed by atoms with Gasteiger partial charge in [0.05, 0.1) is 6.61 Å². The second kappa shape index (κ2) is 17.8. The van der Waals surface area contributed by atoms with Crippen molar-refractivity contribution in [2.75, 3.05) is 6.61 Å². The van der Waals surface area contributed by atoms with Crippen LogP contribution in [0.5, 0.6) is 0 Å². The fraction of sp³-hybridized carbons (Fsp3) is 0.905. The molecule has 148 valence electrons. The molecule has 4 heteroatoms. The topological polar surface area (TPSA) is 52.6 Å². The number of carbonyl (C=O) groups excluding carboxylic acids is 2. The summed E-state index contributed by atoms with van der Waals surface area (Å²) < 4.78 is 10.7. The largest absolute Gasteiger partial charge is 0.466 e. The maximum Gasteiger partial charge on any atom is 0.306 e. The van der Waals surface area contributed by atoms with E-state index in [9.17, 15) is 9.59 Å². The zero-order chi connectivity index (χ0) is 18.8. The first-order chi connectivity index (χ1) is 12.1.